The van der Waals surface area contributed by atoms with Crippen LogP contribution < -0.4 is 4.90 Å². The van der Waals surface area contributed by atoms with Gasteiger partial charge in [0.15, 0.2) is 0 Å². The number of amides is 1. The number of piperazine rings is 1. The molecule has 2 heterocycles. The molecule has 1 aromatic heterocycles. The van der Waals surface area contributed by atoms with Crippen molar-refractivity contribution in [2.75, 3.05) is 26.2 Å². The van der Waals surface area contributed by atoms with Gasteiger partial charge < -0.3 is 9.80 Å². The van der Waals surface area contributed by atoms with E-state index in [0.717, 1.165) is 11.0 Å². The highest BCUT2D eigenvalue weighted by atomic mass is 32.1. The number of rotatable bonds is 3. The lowest BCUT2D eigenvalue weighted by Crippen LogP contribution is -3.13. The van der Waals surface area contributed by atoms with Gasteiger partial charge in [-0.05, 0) is 17.5 Å². The summed E-state index contributed by atoms with van der Waals surface area (Å²) >= 11 is 1.41. The number of thiophene rings is 1. The lowest BCUT2D eigenvalue weighted by molar-refractivity contribution is -0.917. The Morgan fingerprint density at radius 3 is 2.46 bits per heavy atom. The number of hydrogen-bond acceptors (Lipinski definition) is 2. The molecule has 3 nitrogen and oxygen atoms in total. The maximum Gasteiger partial charge on any atom is 0.416 e. The molecule has 0 unspecified atom stereocenters. The zero-order chi connectivity index (χ0) is 17.2. The number of carbonyl (C=O) groups excluding carboxylic acids is 1. The van der Waals surface area contributed by atoms with Gasteiger partial charge in [0.1, 0.15) is 6.54 Å². The van der Waals surface area contributed by atoms with Crippen molar-refractivity contribution in [1.29, 1.82) is 0 Å². The number of halogens is 3. The molecule has 0 aliphatic carbocycles. The molecule has 0 spiro atoms. The molecular weight excluding hydrogens is 337 g/mol. The number of benzene rings is 1. The maximum absolute atomic E-state index is 13.1. The molecule has 0 saturated carbocycles. The van der Waals surface area contributed by atoms with Gasteiger partial charge in [-0.15, -0.1) is 11.3 Å². The average Bonchev–Trinajstić information content (AvgIpc) is 3.09. The van der Waals surface area contributed by atoms with Crippen molar-refractivity contribution >= 4 is 17.2 Å². The van der Waals surface area contributed by atoms with E-state index in [4.69, 9.17) is 0 Å². The standard InChI is InChI=1S/C17H17F3N2OS/c18-17(19,20)14-5-2-1-4-13(14)12-21-7-9-22(10-8-21)16(23)15-6-3-11-24-15/h1-6,11H,7-10,12H2/p+1. The van der Waals surface area contributed by atoms with E-state index in [-0.39, 0.29) is 5.91 Å². The first kappa shape index (κ1) is 17.0. The molecule has 1 fully saturated rings. The van der Waals surface area contributed by atoms with E-state index in [1.807, 2.05) is 11.4 Å². The summed E-state index contributed by atoms with van der Waals surface area (Å²) in [6.07, 6.45) is -4.33. The number of nitrogens with zero attached hydrogens (tertiary/aromatic N) is 1. The summed E-state index contributed by atoms with van der Waals surface area (Å²) in [7, 11) is 0. The average molecular weight is 355 g/mol. The summed E-state index contributed by atoms with van der Waals surface area (Å²) in [5, 5.41) is 1.86. The first-order valence-electron chi connectivity index (χ1n) is 7.76. The number of carbonyl (C=O) groups is 1. The van der Waals surface area contributed by atoms with E-state index < -0.39 is 11.7 Å². The van der Waals surface area contributed by atoms with Crippen LogP contribution in [0.5, 0.6) is 0 Å². The number of quaternary nitrogens is 1. The van der Waals surface area contributed by atoms with Crippen LogP contribution in [-0.4, -0.2) is 37.0 Å². The molecule has 1 aliphatic rings. The summed E-state index contributed by atoms with van der Waals surface area (Å²) < 4.78 is 39.2. The summed E-state index contributed by atoms with van der Waals surface area (Å²) in [5.41, 5.74) is -0.243. The SMILES string of the molecule is O=C(c1cccs1)N1CC[NH+](Cc2ccccc2C(F)(F)F)CC1. The molecule has 1 aromatic carbocycles. The molecule has 0 atom stereocenters. The molecule has 0 bridgehead atoms. The first-order chi connectivity index (χ1) is 11.4. The normalized spacial score (nSPS) is 16.4. The molecule has 128 valence electrons. The number of nitrogens with one attached hydrogen (secondary N) is 1. The van der Waals surface area contributed by atoms with Crippen molar-refractivity contribution in [1.82, 2.24) is 4.90 Å². The topological polar surface area (TPSA) is 24.8 Å². The second-order valence-electron chi connectivity index (χ2n) is 5.85. The molecule has 1 amide bonds. The van der Waals surface area contributed by atoms with Gasteiger partial charge in [-0.25, -0.2) is 0 Å². The predicted molar refractivity (Wildman–Crippen MR) is 86.1 cm³/mol. The van der Waals surface area contributed by atoms with Crippen LogP contribution in [-0.2, 0) is 12.7 Å². The highest BCUT2D eigenvalue weighted by Gasteiger charge is 2.34. The van der Waals surface area contributed by atoms with Gasteiger partial charge in [-0.2, -0.15) is 13.2 Å². The first-order valence-corrected chi connectivity index (χ1v) is 8.64. The van der Waals surface area contributed by atoms with Crippen molar-refractivity contribution in [3.8, 4) is 0 Å². The Hall–Kier alpha value is -1.86. The fourth-order valence-corrected chi connectivity index (χ4v) is 3.67. The van der Waals surface area contributed by atoms with Crippen molar-refractivity contribution in [2.45, 2.75) is 12.7 Å². The Kier molecular flexibility index (Phi) is 4.91. The van der Waals surface area contributed by atoms with E-state index in [2.05, 4.69) is 0 Å². The molecule has 2 aromatic rings. The molecule has 1 N–H and O–H groups in total. The fraction of sp³-hybridized carbons (Fsp3) is 0.353. The molecule has 0 radical (unpaired) electrons. The van der Waals surface area contributed by atoms with E-state index >= 15 is 0 Å². The fourth-order valence-electron chi connectivity index (χ4n) is 2.98. The monoisotopic (exact) mass is 355 g/mol. The minimum atomic E-state index is -4.33. The second-order valence-corrected chi connectivity index (χ2v) is 6.80. The molecule has 1 saturated heterocycles. The quantitative estimate of drug-likeness (QED) is 0.898. The predicted octanol–water partition coefficient (Wildman–Crippen LogP) is 2.31. The number of hydrogen-bond donors (Lipinski definition) is 1. The largest absolute Gasteiger partial charge is 0.416 e. The van der Waals surface area contributed by atoms with Crippen molar-refractivity contribution in [2.24, 2.45) is 0 Å². The summed E-state index contributed by atoms with van der Waals surface area (Å²) in [5.74, 6) is 0.0136. The lowest BCUT2D eigenvalue weighted by Gasteiger charge is -2.32. The van der Waals surface area contributed by atoms with Crippen LogP contribution in [0.4, 0.5) is 13.2 Å². The summed E-state index contributed by atoms with van der Waals surface area (Å²) in [4.78, 5) is 15.9. The summed E-state index contributed by atoms with van der Waals surface area (Å²) in [6.45, 7) is 2.78. The van der Waals surface area contributed by atoms with Crippen LogP contribution in [0.25, 0.3) is 0 Å². The van der Waals surface area contributed by atoms with Crippen molar-refractivity contribution in [3.05, 3.63) is 57.8 Å². The van der Waals surface area contributed by atoms with E-state index in [1.165, 1.54) is 17.4 Å². The third-order valence-corrected chi connectivity index (χ3v) is 5.11. The van der Waals surface area contributed by atoms with Gasteiger partial charge in [-0.3, -0.25) is 4.79 Å². The zero-order valence-electron chi connectivity index (χ0n) is 13.0. The van der Waals surface area contributed by atoms with E-state index in [0.29, 0.717) is 43.2 Å². The smallest absolute Gasteiger partial charge is 0.328 e. The Morgan fingerprint density at radius 1 is 1.12 bits per heavy atom. The third kappa shape index (κ3) is 3.79. The highest BCUT2D eigenvalue weighted by molar-refractivity contribution is 7.12. The van der Waals surface area contributed by atoms with Crippen LogP contribution in [0, 0.1) is 0 Å². The maximum atomic E-state index is 13.1. The van der Waals surface area contributed by atoms with Gasteiger partial charge in [0.25, 0.3) is 5.91 Å². The molecular formula is C17H18F3N2OS+. The Morgan fingerprint density at radius 2 is 1.83 bits per heavy atom. The second kappa shape index (κ2) is 6.94. The van der Waals surface area contributed by atoms with Gasteiger partial charge in [0, 0.05) is 5.56 Å². The van der Waals surface area contributed by atoms with Crippen LogP contribution in [0.1, 0.15) is 20.8 Å². The van der Waals surface area contributed by atoms with Crippen LogP contribution in [0.2, 0.25) is 0 Å². The molecule has 7 heteroatoms. The van der Waals surface area contributed by atoms with E-state index in [1.54, 1.807) is 23.1 Å². The van der Waals surface area contributed by atoms with Crippen LogP contribution in [0.3, 0.4) is 0 Å². The van der Waals surface area contributed by atoms with Gasteiger partial charge in [0.2, 0.25) is 0 Å². The van der Waals surface area contributed by atoms with Gasteiger partial charge in [0.05, 0.1) is 36.6 Å². The van der Waals surface area contributed by atoms with Crippen LogP contribution >= 0.6 is 11.3 Å². The highest BCUT2D eigenvalue weighted by Crippen LogP contribution is 2.31. The summed E-state index contributed by atoms with van der Waals surface area (Å²) in [6, 6.07) is 9.36. The van der Waals surface area contributed by atoms with Crippen LogP contribution in [0.15, 0.2) is 41.8 Å². The Labute approximate surface area is 142 Å². The molecule has 1 aliphatic heterocycles. The Bertz CT molecular complexity index is 692. The number of alkyl halides is 3. The van der Waals surface area contributed by atoms with Gasteiger partial charge in [-0.1, -0.05) is 24.3 Å². The minimum Gasteiger partial charge on any atom is -0.328 e. The Balaban J connectivity index is 1.61. The minimum absolute atomic E-state index is 0.0136. The van der Waals surface area contributed by atoms with Crippen molar-refractivity contribution in [3.63, 3.8) is 0 Å². The lowest BCUT2D eigenvalue weighted by atomic mass is 10.1. The molecule has 24 heavy (non-hydrogen) atoms. The molecule has 3 rings (SSSR count). The third-order valence-electron chi connectivity index (χ3n) is 4.25. The van der Waals surface area contributed by atoms with Crippen molar-refractivity contribution < 1.29 is 22.9 Å². The van der Waals surface area contributed by atoms with E-state index in [9.17, 15) is 18.0 Å². The zero-order valence-corrected chi connectivity index (χ0v) is 13.8. The van der Waals surface area contributed by atoms with Gasteiger partial charge >= 0.3 is 6.18 Å².